The molecule has 5 N–H and O–H groups in total. The maximum absolute atomic E-state index is 11.3. The Morgan fingerprint density at radius 3 is 2.50 bits per heavy atom. The lowest BCUT2D eigenvalue weighted by Crippen LogP contribution is -2.42. The van der Waals surface area contributed by atoms with Crippen molar-refractivity contribution >= 4 is 15.5 Å². The van der Waals surface area contributed by atoms with Gasteiger partial charge in [0, 0.05) is 31.4 Å². The molecule has 1 fully saturated rings. The third-order valence-corrected chi connectivity index (χ3v) is 5.06. The molecule has 2 rings (SSSR count). The highest BCUT2D eigenvalue weighted by molar-refractivity contribution is 7.91. The molecule has 1 saturated heterocycles. The number of rotatable bonds is 6. The molecule has 1 aromatic rings. The molecule has 7 heteroatoms. The van der Waals surface area contributed by atoms with E-state index in [0.717, 1.165) is 17.8 Å². The van der Waals surface area contributed by atoms with Crippen LogP contribution in [0.4, 0.5) is 5.69 Å². The van der Waals surface area contributed by atoms with E-state index < -0.39 is 15.9 Å². The second-order valence-electron chi connectivity index (χ2n) is 5.12. The van der Waals surface area contributed by atoms with Gasteiger partial charge in [0.2, 0.25) is 0 Å². The van der Waals surface area contributed by atoms with Crippen molar-refractivity contribution in [1.82, 2.24) is 10.6 Å². The minimum absolute atomic E-state index is 0.0200. The van der Waals surface area contributed by atoms with E-state index in [4.69, 9.17) is 5.73 Å². The summed E-state index contributed by atoms with van der Waals surface area (Å²) >= 11 is 0. The fourth-order valence-corrected chi connectivity index (χ4v) is 4.01. The number of anilines is 1. The summed E-state index contributed by atoms with van der Waals surface area (Å²) in [6, 6.07) is 7.29. The van der Waals surface area contributed by atoms with E-state index >= 15 is 0 Å². The van der Waals surface area contributed by atoms with Crippen molar-refractivity contribution < 1.29 is 13.5 Å². The molecule has 0 unspecified atom stereocenters. The molecule has 20 heavy (non-hydrogen) atoms. The van der Waals surface area contributed by atoms with E-state index in [1.165, 1.54) is 0 Å². The Bertz CT molecular complexity index is 530. The van der Waals surface area contributed by atoms with Gasteiger partial charge in [0.1, 0.15) is 0 Å². The van der Waals surface area contributed by atoms with Crippen molar-refractivity contribution in [3.8, 4) is 0 Å². The number of aliphatic hydroxyl groups excluding tert-OH is 1. The molecule has 0 bridgehead atoms. The van der Waals surface area contributed by atoms with Gasteiger partial charge in [-0.25, -0.2) is 8.42 Å². The second kappa shape index (κ2) is 6.53. The Kier molecular flexibility index (Phi) is 4.98. The minimum Gasteiger partial charge on any atom is -0.399 e. The normalized spacial score (nSPS) is 24.9. The zero-order valence-electron chi connectivity index (χ0n) is 11.2. The van der Waals surface area contributed by atoms with Gasteiger partial charge in [0.15, 0.2) is 9.84 Å². The van der Waals surface area contributed by atoms with Gasteiger partial charge in [-0.3, -0.25) is 0 Å². The van der Waals surface area contributed by atoms with Crippen LogP contribution in [0.25, 0.3) is 0 Å². The van der Waals surface area contributed by atoms with Crippen molar-refractivity contribution in [3.63, 3.8) is 0 Å². The molecule has 0 aliphatic carbocycles. The fourth-order valence-electron chi connectivity index (χ4n) is 2.24. The summed E-state index contributed by atoms with van der Waals surface area (Å²) < 4.78 is 22.7. The lowest BCUT2D eigenvalue weighted by Gasteiger charge is -2.15. The van der Waals surface area contributed by atoms with Gasteiger partial charge in [-0.1, -0.05) is 12.1 Å². The number of aliphatic hydroxyl groups is 1. The fraction of sp³-hybridized carbons (Fsp3) is 0.538. The molecule has 0 spiro atoms. The van der Waals surface area contributed by atoms with Crippen molar-refractivity contribution in [2.24, 2.45) is 0 Å². The Morgan fingerprint density at radius 2 is 1.90 bits per heavy atom. The number of sulfone groups is 1. The van der Waals surface area contributed by atoms with E-state index in [2.05, 4.69) is 10.6 Å². The summed E-state index contributed by atoms with van der Waals surface area (Å²) in [5, 5.41) is 15.9. The van der Waals surface area contributed by atoms with Gasteiger partial charge >= 0.3 is 0 Å². The number of hydrogen-bond donors (Lipinski definition) is 4. The van der Waals surface area contributed by atoms with E-state index in [0.29, 0.717) is 13.1 Å². The SMILES string of the molecule is Nc1ccc(CNCCN[C@H]2CS(=O)(=O)C[C@@H]2O)cc1. The van der Waals surface area contributed by atoms with Crippen molar-refractivity contribution in [1.29, 1.82) is 0 Å². The Morgan fingerprint density at radius 1 is 1.20 bits per heavy atom. The van der Waals surface area contributed by atoms with Crippen LogP contribution in [0, 0.1) is 0 Å². The average Bonchev–Trinajstić information content (AvgIpc) is 2.64. The highest BCUT2D eigenvalue weighted by atomic mass is 32.2. The van der Waals surface area contributed by atoms with Crippen molar-refractivity contribution in [2.45, 2.75) is 18.7 Å². The summed E-state index contributed by atoms with van der Waals surface area (Å²) in [5.74, 6) is -0.115. The smallest absolute Gasteiger partial charge is 0.154 e. The molecule has 0 aromatic heterocycles. The quantitative estimate of drug-likeness (QED) is 0.401. The minimum atomic E-state index is -3.08. The monoisotopic (exact) mass is 299 g/mol. The van der Waals surface area contributed by atoms with Crippen LogP contribution < -0.4 is 16.4 Å². The number of nitrogen functional groups attached to an aromatic ring is 1. The van der Waals surface area contributed by atoms with E-state index in [1.54, 1.807) is 0 Å². The molecule has 0 amide bonds. The van der Waals surface area contributed by atoms with Gasteiger partial charge in [-0.2, -0.15) is 0 Å². The molecule has 6 nitrogen and oxygen atoms in total. The molecule has 0 radical (unpaired) electrons. The average molecular weight is 299 g/mol. The number of nitrogens with one attached hydrogen (secondary N) is 2. The Balaban J connectivity index is 1.64. The van der Waals surface area contributed by atoms with Gasteiger partial charge in [0.05, 0.1) is 17.6 Å². The first-order valence-electron chi connectivity index (χ1n) is 6.63. The molecule has 2 atom stereocenters. The predicted molar refractivity (Wildman–Crippen MR) is 79.0 cm³/mol. The number of benzene rings is 1. The second-order valence-corrected chi connectivity index (χ2v) is 7.28. The van der Waals surface area contributed by atoms with Crippen LogP contribution in [-0.4, -0.2) is 50.3 Å². The van der Waals surface area contributed by atoms with Crippen LogP contribution in [0.5, 0.6) is 0 Å². The van der Waals surface area contributed by atoms with Crippen LogP contribution in [0.3, 0.4) is 0 Å². The van der Waals surface area contributed by atoms with E-state index in [-0.39, 0.29) is 17.5 Å². The van der Waals surface area contributed by atoms with Gasteiger partial charge in [0.25, 0.3) is 0 Å². The number of hydrogen-bond acceptors (Lipinski definition) is 6. The molecule has 1 heterocycles. The van der Waals surface area contributed by atoms with Gasteiger partial charge in [-0.05, 0) is 17.7 Å². The van der Waals surface area contributed by atoms with Crippen LogP contribution in [0.1, 0.15) is 5.56 Å². The topological polar surface area (TPSA) is 104 Å². The Labute approximate surface area is 119 Å². The highest BCUT2D eigenvalue weighted by Crippen LogP contribution is 2.11. The maximum Gasteiger partial charge on any atom is 0.154 e. The van der Waals surface area contributed by atoms with Crippen molar-refractivity contribution in [2.75, 3.05) is 30.3 Å². The molecular weight excluding hydrogens is 278 g/mol. The first kappa shape index (κ1) is 15.2. The van der Waals surface area contributed by atoms with Crippen molar-refractivity contribution in [3.05, 3.63) is 29.8 Å². The molecule has 1 aromatic carbocycles. The van der Waals surface area contributed by atoms with Gasteiger partial charge < -0.3 is 21.5 Å². The summed E-state index contributed by atoms with van der Waals surface area (Å²) in [4.78, 5) is 0. The lowest BCUT2D eigenvalue weighted by atomic mass is 10.2. The van der Waals surface area contributed by atoms with E-state index in [1.807, 2.05) is 24.3 Å². The zero-order valence-corrected chi connectivity index (χ0v) is 12.1. The van der Waals surface area contributed by atoms with Gasteiger partial charge in [-0.15, -0.1) is 0 Å². The predicted octanol–water partition coefficient (Wildman–Crippen LogP) is -0.894. The maximum atomic E-state index is 11.3. The summed E-state index contributed by atoms with van der Waals surface area (Å²) in [5.41, 5.74) is 7.49. The summed E-state index contributed by atoms with van der Waals surface area (Å²) in [6.07, 6.45) is -0.794. The molecule has 1 aliphatic rings. The van der Waals surface area contributed by atoms with Crippen LogP contribution >= 0.6 is 0 Å². The van der Waals surface area contributed by atoms with Crippen LogP contribution in [-0.2, 0) is 16.4 Å². The third-order valence-electron chi connectivity index (χ3n) is 3.34. The summed E-state index contributed by atoms with van der Waals surface area (Å²) in [7, 11) is -3.08. The summed E-state index contributed by atoms with van der Waals surface area (Å²) in [6.45, 7) is 2.05. The highest BCUT2D eigenvalue weighted by Gasteiger charge is 2.35. The van der Waals surface area contributed by atoms with Crippen LogP contribution in [0.15, 0.2) is 24.3 Å². The largest absolute Gasteiger partial charge is 0.399 e. The Hall–Kier alpha value is -1.15. The first-order chi connectivity index (χ1) is 9.46. The van der Waals surface area contributed by atoms with E-state index in [9.17, 15) is 13.5 Å². The lowest BCUT2D eigenvalue weighted by molar-refractivity contribution is 0.166. The third kappa shape index (κ3) is 4.45. The first-order valence-corrected chi connectivity index (χ1v) is 8.45. The molecule has 0 saturated carbocycles. The zero-order chi connectivity index (χ0) is 14.6. The number of nitrogens with two attached hydrogens (primary N) is 1. The molecular formula is C13H21N3O3S. The molecule has 1 aliphatic heterocycles. The molecule has 112 valence electrons. The van der Waals surface area contributed by atoms with Crippen LogP contribution in [0.2, 0.25) is 0 Å². The standard InChI is InChI=1S/C13H21N3O3S/c14-11-3-1-10(2-4-11)7-15-5-6-16-12-8-20(18,19)9-13(12)17/h1-4,12-13,15-17H,5-9,14H2/t12-,13-/m0/s1.